The van der Waals surface area contributed by atoms with E-state index in [-0.39, 0.29) is 12.5 Å². The third kappa shape index (κ3) is 4.07. The molecule has 0 aliphatic rings. The van der Waals surface area contributed by atoms with Gasteiger partial charge in [0.2, 0.25) is 5.91 Å². The van der Waals surface area contributed by atoms with Crippen LogP contribution in [-0.2, 0) is 11.3 Å². The number of halogens is 1. The lowest BCUT2D eigenvalue weighted by atomic mass is 10.2. The van der Waals surface area contributed by atoms with Crippen LogP contribution in [0.4, 0.5) is 5.13 Å². The Bertz CT molecular complexity index is 1190. The molecule has 0 fully saturated rings. The van der Waals surface area contributed by atoms with Crippen molar-refractivity contribution in [3.63, 3.8) is 0 Å². The van der Waals surface area contributed by atoms with E-state index in [1.165, 1.54) is 16.2 Å². The quantitative estimate of drug-likeness (QED) is 0.402. The van der Waals surface area contributed by atoms with Crippen LogP contribution in [-0.4, -0.2) is 25.7 Å². The first kappa shape index (κ1) is 19.0. The van der Waals surface area contributed by atoms with Gasteiger partial charge in [-0.2, -0.15) is 5.10 Å². The number of thiophene rings is 1. The maximum Gasteiger partial charge on any atom is 0.246 e. The van der Waals surface area contributed by atoms with Gasteiger partial charge < -0.3 is 5.32 Å². The molecule has 0 bridgehead atoms. The van der Waals surface area contributed by atoms with Gasteiger partial charge in [-0.3, -0.25) is 14.5 Å². The van der Waals surface area contributed by atoms with E-state index in [1.807, 2.05) is 23.6 Å². The lowest BCUT2D eigenvalue weighted by Gasteiger charge is -2.07. The first-order valence-corrected chi connectivity index (χ1v) is 10.7. The summed E-state index contributed by atoms with van der Waals surface area (Å²) in [6.45, 7) is 2.08. The van der Waals surface area contributed by atoms with Crippen LogP contribution in [0.15, 0.2) is 41.8 Å². The van der Waals surface area contributed by atoms with Crippen LogP contribution in [0, 0.1) is 11.7 Å². The van der Waals surface area contributed by atoms with Gasteiger partial charge in [-0.1, -0.05) is 11.6 Å². The molecule has 10 heteroatoms. The summed E-state index contributed by atoms with van der Waals surface area (Å²) in [7, 11) is 0. The van der Waals surface area contributed by atoms with Crippen LogP contribution in [0.5, 0.6) is 0 Å². The molecule has 0 aliphatic carbocycles. The second-order valence-electron chi connectivity index (χ2n) is 5.94. The van der Waals surface area contributed by atoms with Crippen LogP contribution in [0.2, 0.25) is 5.02 Å². The van der Waals surface area contributed by atoms with E-state index in [4.69, 9.17) is 23.8 Å². The number of amides is 1. The van der Waals surface area contributed by atoms with Crippen molar-refractivity contribution in [2.75, 3.05) is 5.32 Å². The predicted molar refractivity (Wildman–Crippen MR) is 117 cm³/mol. The van der Waals surface area contributed by atoms with E-state index in [1.54, 1.807) is 28.0 Å². The average Bonchev–Trinajstić information content (AvgIpc) is 3.38. The summed E-state index contributed by atoms with van der Waals surface area (Å²) in [5.74, 6) is 0.349. The molecule has 1 aromatic carbocycles. The molecule has 3 aromatic heterocycles. The molecule has 0 aliphatic heterocycles. The zero-order valence-electron chi connectivity index (χ0n) is 14.6. The molecule has 0 unspecified atom stereocenters. The van der Waals surface area contributed by atoms with Crippen molar-refractivity contribution >= 4 is 57.5 Å². The second-order valence-corrected chi connectivity index (χ2v) is 8.91. The van der Waals surface area contributed by atoms with Crippen molar-refractivity contribution in [3.05, 3.63) is 56.4 Å². The van der Waals surface area contributed by atoms with E-state index in [0.717, 1.165) is 16.1 Å². The van der Waals surface area contributed by atoms with Gasteiger partial charge >= 0.3 is 0 Å². The number of nitrogens with zero attached hydrogens (tertiary/aromatic N) is 3. The molecule has 142 valence electrons. The van der Waals surface area contributed by atoms with Gasteiger partial charge in [-0.25, -0.2) is 4.98 Å². The minimum Gasteiger partial charge on any atom is -0.300 e. The lowest BCUT2D eigenvalue weighted by Crippen LogP contribution is -2.19. The SMILES string of the molecule is Cc1ccc(-c2csc(NC(=O)Cn3c(-c4ccc(Cl)cc4)n[nH]c3=S)n2)s1. The maximum atomic E-state index is 12.5. The number of H-pyrrole nitrogens is 1. The van der Waals surface area contributed by atoms with Crippen molar-refractivity contribution in [2.45, 2.75) is 13.5 Å². The number of carbonyl (C=O) groups excluding carboxylic acids is 1. The average molecular weight is 448 g/mol. The topological polar surface area (TPSA) is 75.6 Å². The molecular weight excluding hydrogens is 434 g/mol. The third-order valence-corrected chi connectivity index (χ3v) is 6.25. The summed E-state index contributed by atoms with van der Waals surface area (Å²) >= 11 is 14.3. The number of nitrogens with one attached hydrogen (secondary N) is 2. The normalized spacial score (nSPS) is 10.9. The molecule has 2 N–H and O–H groups in total. The van der Waals surface area contributed by atoms with Gasteiger partial charge in [-0.05, 0) is 55.5 Å². The highest BCUT2D eigenvalue weighted by molar-refractivity contribution is 7.71. The van der Waals surface area contributed by atoms with Gasteiger partial charge in [0, 0.05) is 20.8 Å². The van der Waals surface area contributed by atoms with Gasteiger partial charge in [0.25, 0.3) is 0 Å². The lowest BCUT2D eigenvalue weighted by molar-refractivity contribution is -0.116. The Morgan fingerprint density at radius 3 is 2.79 bits per heavy atom. The summed E-state index contributed by atoms with van der Waals surface area (Å²) in [5.41, 5.74) is 1.68. The number of anilines is 1. The maximum absolute atomic E-state index is 12.5. The summed E-state index contributed by atoms with van der Waals surface area (Å²) in [6, 6.07) is 11.3. The Balaban J connectivity index is 1.50. The number of hydrogen-bond acceptors (Lipinski definition) is 6. The number of hydrogen-bond donors (Lipinski definition) is 2. The minimum absolute atomic E-state index is 0.0281. The monoisotopic (exact) mass is 447 g/mol. The van der Waals surface area contributed by atoms with Crippen molar-refractivity contribution in [1.82, 2.24) is 19.7 Å². The molecule has 4 aromatic rings. The molecule has 28 heavy (non-hydrogen) atoms. The summed E-state index contributed by atoms with van der Waals surface area (Å²) in [6.07, 6.45) is 0. The number of carbonyl (C=O) groups is 1. The standard InChI is InChI=1S/C18H14ClN5OS3/c1-10-2-7-14(28-10)13-9-27-17(20-13)21-15(25)8-24-16(22-23-18(24)26)11-3-5-12(19)6-4-11/h2-7,9H,8H2,1H3,(H,23,26)(H,20,21,25). The predicted octanol–water partition coefficient (Wildman–Crippen LogP) is 5.39. The van der Waals surface area contributed by atoms with E-state index < -0.39 is 0 Å². The molecule has 0 radical (unpaired) electrons. The number of aromatic nitrogens is 4. The summed E-state index contributed by atoms with van der Waals surface area (Å²) in [4.78, 5) is 19.3. The van der Waals surface area contributed by atoms with E-state index >= 15 is 0 Å². The zero-order chi connectivity index (χ0) is 19.7. The number of aryl methyl sites for hydroxylation is 1. The fourth-order valence-corrected chi connectivity index (χ4v) is 4.55. The van der Waals surface area contributed by atoms with Gasteiger partial charge in [0.1, 0.15) is 6.54 Å². The fraction of sp³-hybridized carbons (Fsp3) is 0.111. The molecule has 0 spiro atoms. The summed E-state index contributed by atoms with van der Waals surface area (Å²) in [5, 5.41) is 12.9. The van der Waals surface area contributed by atoms with Crippen molar-refractivity contribution < 1.29 is 4.79 Å². The van der Waals surface area contributed by atoms with Crippen molar-refractivity contribution in [2.24, 2.45) is 0 Å². The Morgan fingerprint density at radius 2 is 2.07 bits per heavy atom. The van der Waals surface area contributed by atoms with Crippen LogP contribution >= 0.6 is 46.5 Å². The number of rotatable bonds is 5. The van der Waals surface area contributed by atoms with Gasteiger partial charge in [0.15, 0.2) is 15.7 Å². The molecule has 3 heterocycles. The first-order chi connectivity index (χ1) is 13.5. The highest BCUT2D eigenvalue weighted by Crippen LogP contribution is 2.30. The van der Waals surface area contributed by atoms with Crippen LogP contribution < -0.4 is 5.32 Å². The van der Waals surface area contributed by atoms with Crippen LogP contribution in [0.25, 0.3) is 22.0 Å². The number of aromatic amines is 1. The van der Waals surface area contributed by atoms with Crippen molar-refractivity contribution in [1.29, 1.82) is 0 Å². The first-order valence-electron chi connectivity index (χ1n) is 8.23. The molecular formula is C18H14ClN5OS3. The second kappa shape index (κ2) is 7.96. The summed E-state index contributed by atoms with van der Waals surface area (Å²) < 4.78 is 2.01. The molecule has 0 saturated carbocycles. The number of benzene rings is 1. The number of thiazole rings is 1. The van der Waals surface area contributed by atoms with Crippen LogP contribution in [0.1, 0.15) is 4.88 Å². The van der Waals surface area contributed by atoms with Gasteiger partial charge in [0.05, 0.1) is 10.6 Å². The van der Waals surface area contributed by atoms with E-state index in [9.17, 15) is 4.79 Å². The largest absolute Gasteiger partial charge is 0.300 e. The zero-order valence-corrected chi connectivity index (χ0v) is 17.8. The smallest absolute Gasteiger partial charge is 0.246 e. The highest BCUT2D eigenvalue weighted by atomic mass is 35.5. The Morgan fingerprint density at radius 1 is 1.29 bits per heavy atom. The molecule has 0 saturated heterocycles. The molecule has 4 rings (SSSR count). The third-order valence-electron chi connectivity index (χ3n) is 3.91. The Labute approximate surface area is 178 Å². The minimum atomic E-state index is -0.226. The van der Waals surface area contributed by atoms with E-state index in [0.29, 0.717) is 20.7 Å². The Kier molecular flexibility index (Phi) is 5.40. The molecule has 6 nitrogen and oxygen atoms in total. The molecule has 1 amide bonds. The Hall–Kier alpha value is -2.33. The van der Waals surface area contributed by atoms with E-state index in [2.05, 4.69) is 33.5 Å². The van der Waals surface area contributed by atoms with Gasteiger partial charge in [-0.15, -0.1) is 22.7 Å². The van der Waals surface area contributed by atoms with Crippen molar-refractivity contribution in [3.8, 4) is 22.0 Å². The van der Waals surface area contributed by atoms with Crippen LogP contribution in [0.3, 0.4) is 0 Å². The fourth-order valence-electron chi connectivity index (χ4n) is 2.60. The molecule has 0 atom stereocenters. The highest BCUT2D eigenvalue weighted by Gasteiger charge is 2.14.